The summed E-state index contributed by atoms with van der Waals surface area (Å²) in [4.78, 5) is 142. The van der Waals surface area contributed by atoms with Crippen molar-refractivity contribution in [3.63, 3.8) is 0 Å². The van der Waals surface area contributed by atoms with E-state index in [1.807, 2.05) is 0 Å². The van der Waals surface area contributed by atoms with Crippen LogP contribution in [0.3, 0.4) is 0 Å². The van der Waals surface area contributed by atoms with Gasteiger partial charge in [-0.25, -0.2) is 9.97 Å². The van der Waals surface area contributed by atoms with Crippen molar-refractivity contribution in [3.8, 4) is 0 Å². The zero-order valence-electron chi connectivity index (χ0n) is 87.9. The van der Waals surface area contributed by atoms with Crippen molar-refractivity contribution < 1.29 is 104 Å². The molecule has 20 nitrogen and oxygen atoms in total. The summed E-state index contributed by atoms with van der Waals surface area (Å²) in [5.41, 5.74) is 3.98. The zero-order valence-corrected chi connectivity index (χ0v) is 91.9. The van der Waals surface area contributed by atoms with Crippen LogP contribution in [-0.4, -0.2) is 111 Å². The molecule has 0 radical (unpaired) electrons. The van der Waals surface area contributed by atoms with Gasteiger partial charge in [-0.3, -0.25) is 38.4 Å². The molecule has 0 aromatic carbocycles. The smallest absolute Gasteiger partial charge is 0.657 e. The van der Waals surface area contributed by atoms with Crippen LogP contribution in [0.2, 0.25) is 0 Å². The molecule has 21 heteroatoms. The molecule has 5 heterocycles. The molecule has 0 N–H and O–H groups in total. The minimum Gasteiger partial charge on any atom is -0.657 e. The third-order valence-electron chi connectivity index (χ3n) is 26.6. The Bertz CT molecular complexity index is 3780. The summed E-state index contributed by atoms with van der Waals surface area (Å²) in [6, 6.07) is 6.74. The van der Waals surface area contributed by atoms with E-state index in [-0.39, 0.29) is 176 Å². The maximum absolute atomic E-state index is 15.1. The molecule has 5 rings (SSSR count). The topological polar surface area (TPSA) is 264 Å². The molecule has 0 aliphatic carbocycles. The molecule has 2 aliphatic rings. The number of unbranched alkanes of at least 4 members (excludes halogenated alkanes) is 56. The van der Waals surface area contributed by atoms with Crippen molar-refractivity contribution in [2.24, 2.45) is 0 Å². The van der Waals surface area contributed by atoms with Gasteiger partial charge in [0.15, 0.2) is 0 Å². The van der Waals surface area contributed by atoms with E-state index in [4.69, 9.17) is 57.8 Å². The van der Waals surface area contributed by atoms with Crippen LogP contribution in [0.25, 0.3) is 44.4 Å². The van der Waals surface area contributed by atoms with Crippen LogP contribution in [0.5, 0.6) is 0 Å². The normalized spacial score (nSPS) is 11.9. The van der Waals surface area contributed by atoms with E-state index in [0.29, 0.717) is 95.9 Å². The summed E-state index contributed by atoms with van der Waals surface area (Å²) in [6.45, 7) is 18.9. The summed E-state index contributed by atoms with van der Waals surface area (Å²) in [5, 5.41) is 0. The molecule has 137 heavy (non-hydrogen) atoms. The van der Waals surface area contributed by atoms with Crippen molar-refractivity contribution >= 4 is 92.1 Å². The largest absolute Gasteiger partial charge is 2.00 e. The molecular weight excluding hydrogens is 1820 g/mol. The number of hydrogen-bond donors (Lipinski definition) is 0. The SMILES string of the molecule is CCCCCCCCCCOC(=O)CC1=C(CC(=O)OCCCCCCCCCC)c2cc3[n-]c(cc4[n-]c(cc5nc(cc1n2)C(CC(=O)OCCCCCCCCCC)=C5CC(=O)OCCCCCCCCCC)c(CC(=O)OCCCCCCCCCC)c4CC(=O)OCCCCCCCCCC)c(CC(=O)OCCCCCCCCCC)c3CC(=O)OCCCCCCCCCC.[Cd+2]. The predicted molar refractivity (Wildman–Crippen MR) is 554 cm³/mol. The Labute approximate surface area is 849 Å². The number of hydrogen-bond acceptors (Lipinski definition) is 18. The number of esters is 8. The number of fused-ring (bicyclic) bond motifs is 8. The average molecular weight is 2010 g/mol. The molecule has 2 aliphatic heterocycles. The first-order valence-electron chi connectivity index (χ1n) is 56.0. The van der Waals surface area contributed by atoms with Crippen LogP contribution in [0.15, 0.2) is 24.3 Å². The van der Waals surface area contributed by atoms with Gasteiger partial charge in [0.2, 0.25) is 0 Å². The van der Waals surface area contributed by atoms with Crippen molar-refractivity contribution in [3.05, 3.63) is 69.3 Å². The van der Waals surface area contributed by atoms with Gasteiger partial charge in [-0.1, -0.05) is 433 Å². The summed E-state index contributed by atoms with van der Waals surface area (Å²) in [6.07, 6.45) is 63.1. The second kappa shape index (κ2) is 81.8. The Hall–Kier alpha value is -6.72. The van der Waals surface area contributed by atoms with Gasteiger partial charge in [0.25, 0.3) is 0 Å². The molecule has 3 aromatic heterocycles. The summed E-state index contributed by atoms with van der Waals surface area (Å²) < 4.78 is 49.5. The number of carbonyl (C=O) groups excluding carboxylic acids is 8. The van der Waals surface area contributed by atoms with Gasteiger partial charge in [-0.15, -0.1) is 22.1 Å². The minimum atomic E-state index is -0.573. The second-order valence-electron chi connectivity index (χ2n) is 38.9. The molecule has 0 saturated heterocycles. The van der Waals surface area contributed by atoms with Crippen LogP contribution in [0.1, 0.15) is 537 Å². The van der Waals surface area contributed by atoms with Gasteiger partial charge in [-0.05, 0) is 102 Å². The maximum atomic E-state index is 15.1. The molecule has 0 spiro atoms. The van der Waals surface area contributed by atoms with Crippen LogP contribution in [-0.2, 0) is 129 Å². The van der Waals surface area contributed by atoms with E-state index in [1.54, 1.807) is 24.3 Å². The van der Waals surface area contributed by atoms with E-state index >= 15 is 38.4 Å². The third kappa shape index (κ3) is 56.1. The van der Waals surface area contributed by atoms with Crippen LogP contribution >= 0.6 is 0 Å². The van der Waals surface area contributed by atoms with E-state index in [9.17, 15) is 0 Å². The first kappa shape index (κ1) is 123. The molecule has 0 saturated carbocycles. The molecule has 0 fully saturated rings. The van der Waals surface area contributed by atoms with E-state index in [2.05, 4.69) is 55.4 Å². The van der Waals surface area contributed by atoms with Gasteiger partial charge in [-0.2, -0.15) is 0 Å². The van der Waals surface area contributed by atoms with Crippen LogP contribution in [0.4, 0.5) is 0 Å². The standard InChI is InChI=1S/C116H188N4O16.Cd/c1-9-17-25-33-41-49-57-65-73-129-109(121)81-93-94(82-110(122)130-74-66-58-50-42-34-26-18-10-2)102-90-104-97(85-113(125)133-77-69-61-53-45-37-29-21-13-5)98(86-114(126)134-78-70-62-54-46-38-30-22-14-6)106(119-104)92-108-100(88-116(128)136-80-72-64-56-48-40-32-24-16-8)99(87-115(127)135-79-71-63-55-47-39-31-23-15-7)107(120-108)91-105-96(84-112(124)132-76-68-60-52-44-36-28-20-12-4)95(103(118-105)89-101(93)117-102)83-111(123)131-75-67-59-51-43-35-27-19-11-3;/h89-92H,9-88H2,1-8H3;/q-2;+2. The Morgan fingerprint density at radius 1 is 0.182 bits per heavy atom. The van der Waals surface area contributed by atoms with Gasteiger partial charge in [0, 0.05) is 0 Å². The minimum absolute atomic E-state index is 0. The third-order valence-corrected chi connectivity index (χ3v) is 26.6. The van der Waals surface area contributed by atoms with Crippen LogP contribution < -0.4 is 9.97 Å². The monoisotopic (exact) mass is 2010 g/mol. The van der Waals surface area contributed by atoms with Crippen molar-refractivity contribution in [1.82, 2.24) is 19.9 Å². The first-order chi connectivity index (χ1) is 66.6. The van der Waals surface area contributed by atoms with Gasteiger partial charge < -0.3 is 47.9 Å². The zero-order chi connectivity index (χ0) is 97.7. The number of ether oxygens (including phenoxy) is 8. The first-order valence-corrected chi connectivity index (χ1v) is 56.0. The number of aromatic nitrogens is 4. The molecular formula is C116H188CdN4O16. The Balaban J connectivity index is 0.0000392. The number of carbonyl (C=O) groups is 8. The van der Waals surface area contributed by atoms with Crippen molar-refractivity contribution in [1.29, 1.82) is 0 Å². The average Bonchev–Trinajstić information content (AvgIpc) is 1.61. The fourth-order valence-electron chi connectivity index (χ4n) is 18.3. The molecule has 770 valence electrons. The molecule has 3 aromatic rings. The predicted octanol–water partition coefficient (Wildman–Crippen LogP) is 30.6. The number of rotatable bonds is 88. The summed E-state index contributed by atoms with van der Waals surface area (Å²) in [7, 11) is 0. The van der Waals surface area contributed by atoms with Gasteiger partial charge in [0.05, 0.1) is 127 Å². The fraction of sp³-hybridized carbons (Fsp3) is 0.759. The van der Waals surface area contributed by atoms with Gasteiger partial charge >= 0.3 is 75.1 Å². The molecule has 0 atom stereocenters. The fourth-order valence-corrected chi connectivity index (χ4v) is 18.3. The van der Waals surface area contributed by atoms with Crippen LogP contribution in [0, 0.1) is 0 Å². The maximum Gasteiger partial charge on any atom is 2.00 e. The van der Waals surface area contributed by atoms with E-state index in [0.717, 1.165) is 257 Å². The van der Waals surface area contributed by atoms with Gasteiger partial charge in [0.1, 0.15) is 0 Å². The quantitative estimate of drug-likeness (QED) is 0.0220. The Morgan fingerprint density at radius 3 is 0.474 bits per heavy atom. The Morgan fingerprint density at radius 2 is 0.314 bits per heavy atom. The van der Waals surface area contributed by atoms with E-state index < -0.39 is 47.8 Å². The van der Waals surface area contributed by atoms with E-state index in [1.165, 1.54) is 103 Å². The number of nitrogens with zero attached hydrogens (tertiary/aromatic N) is 4. The molecule has 0 unspecified atom stereocenters. The Kier molecular flexibility index (Phi) is 73.2. The summed E-state index contributed by atoms with van der Waals surface area (Å²) >= 11 is 0. The van der Waals surface area contributed by atoms with Crippen molar-refractivity contribution in [2.45, 2.75) is 518 Å². The summed E-state index contributed by atoms with van der Waals surface area (Å²) in [5.74, 6) is -4.59. The second-order valence-corrected chi connectivity index (χ2v) is 38.9. The molecule has 0 amide bonds. The van der Waals surface area contributed by atoms with Crippen molar-refractivity contribution in [2.75, 3.05) is 52.9 Å². The molecule has 8 bridgehead atoms.